The summed E-state index contributed by atoms with van der Waals surface area (Å²) in [6, 6.07) is 1.82. The van der Waals surface area contributed by atoms with Gasteiger partial charge in [-0.3, -0.25) is 4.79 Å². The summed E-state index contributed by atoms with van der Waals surface area (Å²) >= 11 is 1.65. The molecule has 3 rings (SSSR count). The molecule has 0 saturated carbocycles. The zero-order chi connectivity index (χ0) is 15.7. The van der Waals surface area contributed by atoms with Crippen LogP contribution in [0.1, 0.15) is 64.0 Å². The first-order valence-electron chi connectivity index (χ1n) is 7.86. The number of thiophene rings is 1. The number of aromatic nitrogens is 3. The van der Waals surface area contributed by atoms with Crippen molar-refractivity contribution in [1.82, 2.24) is 20.1 Å². The van der Waals surface area contributed by atoms with Gasteiger partial charge in [-0.25, -0.2) is 0 Å². The van der Waals surface area contributed by atoms with Gasteiger partial charge in [-0.1, -0.05) is 6.42 Å². The van der Waals surface area contributed by atoms with Crippen molar-refractivity contribution in [2.45, 2.75) is 59.0 Å². The highest BCUT2D eigenvalue weighted by atomic mass is 32.1. The van der Waals surface area contributed by atoms with E-state index in [9.17, 15) is 4.79 Å². The lowest BCUT2D eigenvalue weighted by molar-refractivity contribution is 0.0937. The minimum atomic E-state index is -0.133. The van der Waals surface area contributed by atoms with Gasteiger partial charge >= 0.3 is 0 Å². The topological polar surface area (TPSA) is 59.8 Å². The van der Waals surface area contributed by atoms with Crippen molar-refractivity contribution >= 4 is 17.2 Å². The Morgan fingerprint density at radius 3 is 2.86 bits per heavy atom. The van der Waals surface area contributed by atoms with Crippen molar-refractivity contribution in [3.8, 4) is 0 Å². The lowest BCUT2D eigenvalue weighted by Crippen LogP contribution is -2.29. The average molecular weight is 318 g/mol. The fraction of sp³-hybridized carbons (Fsp3) is 0.562. The second-order valence-electron chi connectivity index (χ2n) is 5.96. The molecule has 2 aromatic heterocycles. The fourth-order valence-corrected chi connectivity index (χ4v) is 3.94. The first kappa shape index (κ1) is 15.2. The zero-order valence-electron chi connectivity index (χ0n) is 13.3. The van der Waals surface area contributed by atoms with Crippen LogP contribution in [0.5, 0.6) is 0 Å². The molecule has 0 spiro atoms. The molecule has 0 fully saturated rings. The van der Waals surface area contributed by atoms with E-state index in [1.807, 2.05) is 26.8 Å². The van der Waals surface area contributed by atoms with Gasteiger partial charge < -0.3 is 9.88 Å². The van der Waals surface area contributed by atoms with E-state index in [0.29, 0.717) is 0 Å². The molecule has 1 aliphatic heterocycles. The van der Waals surface area contributed by atoms with Gasteiger partial charge in [0.25, 0.3) is 5.91 Å². The molecule has 0 radical (unpaired) electrons. The first-order valence-corrected chi connectivity index (χ1v) is 8.68. The molecule has 22 heavy (non-hydrogen) atoms. The molecule has 3 heterocycles. The summed E-state index contributed by atoms with van der Waals surface area (Å²) in [6.45, 7) is 6.94. The summed E-state index contributed by atoms with van der Waals surface area (Å²) in [5.41, 5.74) is 0.768. The van der Waals surface area contributed by atoms with Gasteiger partial charge in [-0.2, -0.15) is 0 Å². The summed E-state index contributed by atoms with van der Waals surface area (Å²) < 4.78 is 2.18. The zero-order valence-corrected chi connectivity index (χ0v) is 14.2. The van der Waals surface area contributed by atoms with Crippen LogP contribution in [0.2, 0.25) is 0 Å². The fourth-order valence-electron chi connectivity index (χ4n) is 3.02. The van der Waals surface area contributed by atoms with Crippen molar-refractivity contribution in [3.05, 3.63) is 33.0 Å². The molecule has 0 aromatic carbocycles. The van der Waals surface area contributed by atoms with Crippen LogP contribution in [0.4, 0.5) is 0 Å². The number of carbonyl (C=O) groups is 1. The maximum Gasteiger partial charge on any atom is 0.252 e. The van der Waals surface area contributed by atoms with Crippen molar-refractivity contribution < 1.29 is 4.79 Å². The van der Waals surface area contributed by atoms with E-state index >= 15 is 0 Å². The summed E-state index contributed by atoms with van der Waals surface area (Å²) in [6.07, 6.45) is 4.54. The van der Waals surface area contributed by atoms with Gasteiger partial charge in [0.15, 0.2) is 5.82 Å². The maximum atomic E-state index is 12.5. The van der Waals surface area contributed by atoms with Crippen LogP contribution in [-0.4, -0.2) is 20.7 Å². The number of carbonyl (C=O) groups excluding carboxylic acids is 1. The predicted molar refractivity (Wildman–Crippen MR) is 87.3 cm³/mol. The highest BCUT2D eigenvalue weighted by molar-refractivity contribution is 7.12. The maximum absolute atomic E-state index is 12.5. The van der Waals surface area contributed by atoms with Gasteiger partial charge in [0.1, 0.15) is 5.82 Å². The Balaban J connectivity index is 1.77. The Labute approximate surface area is 134 Å². The second kappa shape index (κ2) is 6.20. The van der Waals surface area contributed by atoms with Crippen LogP contribution >= 0.6 is 11.3 Å². The molecule has 1 aliphatic rings. The van der Waals surface area contributed by atoms with E-state index in [0.717, 1.165) is 46.4 Å². The smallest absolute Gasteiger partial charge is 0.252 e. The van der Waals surface area contributed by atoms with E-state index in [-0.39, 0.29) is 11.9 Å². The Morgan fingerprint density at radius 2 is 2.14 bits per heavy atom. The van der Waals surface area contributed by atoms with Gasteiger partial charge in [0, 0.05) is 22.7 Å². The summed E-state index contributed by atoms with van der Waals surface area (Å²) in [4.78, 5) is 14.7. The number of fused-ring (bicyclic) bond motifs is 1. The monoisotopic (exact) mass is 318 g/mol. The molecular formula is C16H22N4OS. The van der Waals surface area contributed by atoms with E-state index < -0.39 is 0 Å². The lowest BCUT2D eigenvalue weighted by atomic mass is 10.2. The summed E-state index contributed by atoms with van der Waals surface area (Å²) in [7, 11) is 0. The molecule has 0 bridgehead atoms. The minimum Gasteiger partial charge on any atom is -0.342 e. The van der Waals surface area contributed by atoms with Crippen LogP contribution < -0.4 is 5.32 Å². The molecule has 1 N–H and O–H groups in total. The molecule has 6 heteroatoms. The number of hydrogen-bond donors (Lipinski definition) is 1. The largest absolute Gasteiger partial charge is 0.342 e. The lowest BCUT2D eigenvalue weighted by Gasteiger charge is -2.15. The van der Waals surface area contributed by atoms with Gasteiger partial charge in [-0.05, 0) is 39.7 Å². The first-order chi connectivity index (χ1) is 10.6. The third-order valence-electron chi connectivity index (χ3n) is 4.16. The Hall–Kier alpha value is -1.69. The van der Waals surface area contributed by atoms with Crippen molar-refractivity contribution in [1.29, 1.82) is 0 Å². The van der Waals surface area contributed by atoms with Crippen molar-refractivity contribution in [2.24, 2.45) is 0 Å². The van der Waals surface area contributed by atoms with Crippen LogP contribution in [-0.2, 0) is 13.0 Å². The highest BCUT2D eigenvalue weighted by Crippen LogP contribution is 2.22. The van der Waals surface area contributed by atoms with Gasteiger partial charge in [-0.15, -0.1) is 21.5 Å². The van der Waals surface area contributed by atoms with Crippen molar-refractivity contribution in [3.63, 3.8) is 0 Å². The van der Waals surface area contributed by atoms with Gasteiger partial charge in [0.05, 0.1) is 11.6 Å². The number of hydrogen-bond acceptors (Lipinski definition) is 4. The number of aryl methyl sites for hydroxylation is 3. The van der Waals surface area contributed by atoms with Crippen LogP contribution in [0.25, 0.3) is 0 Å². The van der Waals surface area contributed by atoms with E-state index in [1.54, 1.807) is 11.3 Å². The summed E-state index contributed by atoms with van der Waals surface area (Å²) in [5, 5.41) is 11.7. The SMILES string of the molecule is Cc1cc(C(=O)NC(C)c2nnc3n2CCCCC3)c(C)s1. The molecule has 2 aromatic rings. The number of rotatable bonds is 3. The molecule has 1 atom stereocenters. The minimum absolute atomic E-state index is 0.0275. The summed E-state index contributed by atoms with van der Waals surface area (Å²) in [5.74, 6) is 1.89. The van der Waals surface area contributed by atoms with Crippen molar-refractivity contribution in [2.75, 3.05) is 0 Å². The molecule has 118 valence electrons. The average Bonchev–Trinajstić information content (AvgIpc) is 2.94. The Bertz CT molecular complexity index is 688. The van der Waals surface area contributed by atoms with Gasteiger partial charge in [0.2, 0.25) is 0 Å². The van der Waals surface area contributed by atoms with Crippen LogP contribution in [0.15, 0.2) is 6.07 Å². The van der Waals surface area contributed by atoms with E-state index in [2.05, 4.69) is 20.1 Å². The standard InChI is InChI=1S/C16H22N4OS/c1-10-9-13(12(3)22-10)16(21)17-11(2)15-19-18-14-7-5-4-6-8-20(14)15/h9,11H,4-8H2,1-3H3,(H,17,21). The number of nitrogens with one attached hydrogen (secondary N) is 1. The molecular weight excluding hydrogens is 296 g/mol. The number of amides is 1. The predicted octanol–water partition coefficient (Wildman–Crippen LogP) is 3.17. The Morgan fingerprint density at radius 1 is 1.32 bits per heavy atom. The van der Waals surface area contributed by atoms with E-state index in [1.165, 1.54) is 12.8 Å². The van der Waals surface area contributed by atoms with Crippen LogP contribution in [0.3, 0.4) is 0 Å². The second-order valence-corrected chi connectivity index (χ2v) is 7.42. The number of nitrogens with zero attached hydrogens (tertiary/aromatic N) is 3. The molecule has 0 saturated heterocycles. The molecule has 1 unspecified atom stereocenters. The quantitative estimate of drug-likeness (QED) is 0.945. The van der Waals surface area contributed by atoms with Crippen LogP contribution in [0, 0.1) is 13.8 Å². The normalized spacial score (nSPS) is 16.0. The molecule has 1 amide bonds. The Kier molecular flexibility index (Phi) is 4.29. The molecule has 0 aliphatic carbocycles. The third-order valence-corrected chi connectivity index (χ3v) is 5.12. The van der Waals surface area contributed by atoms with E-state index in [4.69, 9.17) is 0 Å². The highest BCUT2D eigenvalue weighted by Gasteiger charge is 2.22. The molecule has 5 nitrogen and oxygen atoms in total. The third kappa shape index (κ3) is 2.92.